The van der Waals surface area contributed by atoms with Gasteiger partial charge in [0, 0.05) is 5.56 Å². The first kappa shape index (κ1) is 13.0. The molecular weight excluding hydrogens is 270 g/mol. The van der Waals surface area contributed by atoms with Crippen LogP contribution >= 0.6 is 0 Å². The molecule has 0 aliphatic heterocycles. The third kappa shape index (κ3) is 2.94. The molecule has 0 saturated heterocycles. The number of methoxy groups -OCH3 is 1. The van der Waals surface area contributed by atoms with Crippen molar-refractivity contribution in [3.05, 3.63) is 42.2 Å². The second kappa shape index (κ2) is 5.95. The van der Waals surface area contributed by atoms with Crippen LogP contribution in [0.2, 0.25) is 0 Å². The minimum atomic E-state index is 0.430. The third-order valence-electron chi connectivity index (χ3n) is 2.86. The van der Waals surface area contributed by atoms with Crippen molar-refractivity contribution < 1.29 is 4.74 Å². The largest absolute Gasteiger partial charge is 0.496 e. The molecule has 0 radical (unpaired) electrons. The Morgan fingerprint density at radius 2 is 2.00 bits per heavy atom. The van der Waals surface area contributed by atoms with Crippen molar-refractivity contribution >= 4 is 5.82 Å². The van der Waals surface area contributed by atoms with E-state index in [0.717, 1.165) is 17.0 Å². The highest BCUT2D eigenvalue weighted by Gasteiger charge is 2.07. The molecule has 2 heterocycles. The smallest absolute Gasteiger partial charge is 0.193 e. The minimum absolute atomic E-state index is 0.430. The lowest BCUT2D eigenvalue weighted by Crippen LogP contribution is -2.04. The number of ether oxygens (including phenoxy) is 1. The summed E-state index contributed by atoms with van der Waals surface area (Å²) in [5.74, 6) is 1.96. The van der Waals surface area contributed by atoms with Crippen LogP contribution in [0.1, 0.15) is 5.82 Å². The molecule has 0 unspecified atom stereocenters. The number of aromatic amines is 1. The molecule has 3 rings (SSSR count). The lowest BCUT2D eigenvalue weighted by molar-refractivity contribution is 0.416. The number of benzene rings is 1. The summed E-state index contributed by atoms with van der Waals surface area (Å²) in [5, 5.41) is 25.0. The quantitative estimate of drug-likeness (QED) is 0.727. The van der Waals surface area contributed by atoms with Crippen LogP contribution in [-0.2, 0) is 6.54 Å². The highest BCUT2D eigenvalue weighted by atomic mass is 16.5. The predicted octanol–water partition coefficient (Wildman–Crippen LogP) is 1.28. The fraction of sp³-hybridized carbons (Fsp3) is 0.154. The number of tetrazole rings is 1. The Hall–Kier alpha value is -3.03. The van der Waals surface area contributed by atoms with Crippen LogP contribution in [0.3, 0.4) is 0 Å². The molecule has 21 heavy (non-hydrogen) atoms. The zero-order valence-electron chi connectivity index (χ0n) is 11.3. The first-order valence-electron chi connectivity index (χ1n) is 6.30. The van der Waals surface area contributed by atoms with Gasteiger partial charge in [0.1, 0.15) is 11.6 Å². The maximum atomic E-state index is 5.32. The van der Waals surface area contributed by atoms with Crippen LogP contribution < -0.4 is 10.1 Å². The van der Waals surface area contributed by atoms with Crippen molar-refractivity contribution in [2.24, 2.45) is 0 Å². The Labute approximate surface area is 120 Å². The molecule has 1 aromatic carbocycles. The Morgan fingerprint density at radius 1 is 1.10 bits per heavy atom. The standard InChI is InChI=1S/C13H13N7O/c1-21-11-5-3-2-4-9(11)10-6-7-12(16-15-10)14-8-13-17-19-20-18-13/h2-7H,8H2,1H3,(H,14,16)(H,17,18,19,20). The molecule has 8 nitrogen and oxygen atoms in total. The predicted molar refractivity (Wildman–Crippen MR) is 75.5 cm³/mol. The molecule has 2 aromatic heterocycles. The molecule has 0 fully saturated rings. The average Bonchev–Trinajstić information content (AvgIpc) is 3.07. The molecule has 2 N–H and O–H groups in total. The fourth-order valence-corrected chi connectivity index (χ4v) is 1.85. The lowest BCUT2D eigenvalue weighted by Gasteiger charge is -2.07. The third-order valence-corrected chi connectivity index (χ3v) is 2.86. The number of hydrogen-bond acceptors (Lipinski definition) is 7. The molecule has 0 bridgehead atoms. The van der Waals surface area contributed by atoms with E-state index in [4.69, 9.17) is 4.74 Å². The van der Waals surface area contributed by atoms with Crippen molar-refractivity contribution in [3.63, 3.8) is 0 Å². The highest BCUT2D eigenvalue weighted by molar-refractivity contribution is 5.67. The molecule has 3 aromatic rings. The SMILES string of the molecule is COc1ccccc1-c1ccc(NCc2nn[nH]n2)nn1. The van der Waals surface area contributed by atoms with Crippen molar-refractivity contribution in [2.75, 3.05) is 12.4 Å². The van der Waals surface area contributed by atoms with Crippen LogP contribution in [0.4, 0.5) is 5.82 Å². The van der Waals surface area contributed by atoms with Gasteiger partial charge in [-0.1, -0.05) is 17.3 Å². The van der Waals surface area contributed by atoms with Crippen molar-refractivity contribution in [3.8, 4) is 17.0 Å². The number of nitrogens with zero attached hydrogens (tertiary/aromatic N) is 5. The fourth-order valence-electron chi connectivity index (χ4n) is 1.85. The topological polar surface area (TPSA) is 102 Å². The summed E-state index contributed by atoms with van der Waals surface area (Å²) in [6.45, 7) is 0.430. The van der Waals surface area contributed by atoms with Gasteiger partial charge in [-0.3, -0.25) is 0 Å². The summed E-state index contributed by atoms with van der Waals surface area (Å²) in [6, 6.07) is 11.4. The number of rotatable bonds is 5. The van der Waals surface area contributed by atoms with Crippen LogP contribution in [0, 0.1) is 0 Å². The van der Waals surface area contributed by atoms with E-state index in [0.29, 0.717) is 18.2 Å². The molecule has 0 aliphatic rings. The first-order chi connectivity index (χ1) is 10.4. The molecule has 0 amide bonds. The maximum absolute atomic E-state index is 5.32. The van der Waals surface area contributed by atoms with Crippen LogP contribution in [-0.4, -0.2) is 37.9 Å². The molecule has 0 saturated carbocycles. The second-order valence-electron chi connectivity index (χ2n) is 4.19. The van der Waals surface area contributed by atoms with Crippen LogP contribution in [0.5, 0.6) is 5.75 Å². The van der Waals surface area contributed by atoms with Gasteiger partial charge in [0.15, 0.2) is 5.82 Å². The number of H-pyrrole nitrogens is 1. The van der Waals surface area contributed by atoms with Gasteiger partial charge in [0.2, 0.25) is 0 Å². The van der Waals surface area contributed by atoms with E-state index in [1.54, 1.807) is 7.11 Å². The summed E-state index contributed by atoms with van der Waals surface area (Å²) in [4.78, 5) is 0. The second-order valence-corrected chi connectivity index (χ2v) is 4.19. The Bertz CT molecular complexity index is 697. The summed E-state index contributed by atoms with van der Waals surface area (Å²) in [6.07, 6.45) is 0. The van der Waals surface area contributed by atoms with Crippen molar-refractivity contribution in [2.45, 2.75) is 6.54 Å². The van der Waals surface area contributed by atoms with Crippen molar-refractivity contribution in [1.82, 2.24) is 30.8 Å². The van der Waals surface area contributed by atoms with E-state index in [2.05, 4.69) is 36.1 Å². The van der Waals surface area contributed by atoms with E-state index in [9.17, 15) is 0 Å². The molecule has 0 atom stereocenters. The molecule has 106 valence electrons. The van der Waals surface area contributed by atoms with Gasteiger partial charge in [-0.05, 0) is 24.3 Å². The maximum Gasteiger partial charge on any atom is 0.193 e. The number of nitrogens with one attached hydrogen (secondary N) is 2. The lowest BCUT2D eigenvalue weighted by atomic mass is 10.1. The van der Waals surface area contributed by atoms with Gasteiger partial charge in [-0.15, -0.1) is 20.4 Å². The highest BCUT2D eigenvalue weighted by Crippen LogP contribution is 2.27. The zero-order chi connectivity index (χ0) is 14.5. The Morgan fingerprint density at radius 3 is 2.71 bits per heavy atom. The Kier molecular flexibility index (Phi) is 3.68. The minimum Gasteiger partial charge on any atom is -0.496 e. The van der Waals surface area contributed by atoms with Crippen molar-refractivity contribution in [1.29, 1.82) is 0 Å². The van der Waals surface area contributed by atoms with Gasteiger partial charge in [-0.25, -0.2) is 0 Å². The Balaban J connectivity index is 1.74. The summed E-state index contributed by atoms with van der Waals surface area (Å²) in [5.41, 5.74) is 1.65. The van der Waals surface area contributed by atoms with Gasteiger partial charge >= 0.3 is 0 Å². The molecular formula is C13H13N7O. The normalized spacial score (nSPS) is 10.3. The van der Waals surface area contributed by atoms with E-state index in [-0.39, 0.29) is 0 Å². The molecule has 0 aliphatic carbocycles. The first-order valence-corrected chi connectivity index (χ1v) is 6.30. The van der Waals surface area contributed by atoms with Crippen LogP contribution in [0.25, 0.3) is 11.3 Å². The number of para-hydroxylation sites is 1. The summed E-state index contributed by atoms with van der Waals surface area (Å²) >= 11 is 0. The van der Waals surface area contributed by atoms with Gasteiger partial charge < -0.3 is 10.1 Å². The van der Waals surface area contributed by atoms with E-state index in [1.165, 1.54) is 0 Å². The summed E-state index contributed by atoms with van der Waals surface area (Å²) < 4.78 is 5.32. The number of anilines is 1. The van der Waals surface area contributed by atoms with Gasteiger partial charge in [-0.2, -0.15) is 5.21 Å². The van der Waals surface area contributed by atoms with E-state index < -0.39 is 0 Å². The summed E-state index contributed by atoms with van der Waals surface area (Å²) in [7, 11) is 1.63. The zero-order valence-corrected chi connectivity index (χ0v) is 11.3. The molecule has 8 heteroatoms. The van der Waals surface area contributed by atoms with E-state index in [1.807, 2.05) is 36.4 Å². The molecule has 0 spiro atoms. The number of aromatic nitrogens is 6. The van der Waals surface area contributed by atoms with Crippen LogP contribution in [0.15, 0.2) is 36.4 Å². The van der Waals surface area contributed by atoms with Gasteiger partial charge in [0.25, 0.3) is 0 Å². The van der Waals surface area contributed by atoms with E-state index >= 15 is 0 Å². The average molecular weight is 283 g/mol. The monoisotopic (exact) mass is 283 g/mol. The van der Waals surface area contributed by atoms with Gasteiger partial charge in [0.05, 0.1) is 19.3 Å². The number of hydrogen-bond donors (Lipinski definition) is 2.